The SMILES string of the molecule is COc1ccc(NC(=O)C2COCCN2)cc1-n1cnnn1.Cl. The molecule has 0 saturated carbocycles. The lowest BCUT2D eigenvalue weighted by Crippen LogP contribution is -2.48. The predicted octanol–water partition coefficient (Wildman–Crippen LogP) is 0.0196. The molecule has 1 aliphatic rings. The van der Waals surface area contributed by atoms with Crippen molar-refractivity contribution in [3.05, 3.63) is 24.5 Å². The number of halogens is 1. The minimum Gasteiger partial charge on any atom is -0.494 e. The van der Waals surface area contributed by atoms with Gasteiger partial charge in [-0.15, -0.1) is 17.5 Å². The summed E-state index contributed by atoms with van der Waals surface area (Å²) in [6.45, 7) is 1.65. The molecule has 0 spiro atoms. The van der Waals surface area contributed by atoms with Crippen LogP contribution in [0, 0.1) is 0 Å². The molecule has 2 heterocycles. The number of carbonyl (C=O) groups excluding carboxylic acids is 1. The second kappa shape index (κ2) is 7.86. The molecule has 23 heavy (non-hydrogen) atoms. The van der Waals surface area contributed by atoms with E-state index < -0.39 is 0 Å². The van der Waals surface area contributed by atoms with Gasteiger partial charge < -0.3 is 20.1 Å². The quantitative estimate of drug-likeness (QED) is 0.808. The van der Waals surface area contributed by atoms with E-state index in [9.17, 15) is 4.79 Å². The summed E-state index contributed by atoms with van der Waals surface area (Å²) in [4.78, 5) is 12.2. The highest BCUT2D eigenvalue weighted by molar-refractivity contribution is 5.95. The van der Waals surface area contributed by atoms with Gasteiger partial charge in [0.1, 0.15) is 23.8 Å². The van der Waals surface area contributed by atoms with Gasteiger partial charge in [0.25, 0.3) is 0 Å². The topological polar surface area (TPSA) is 103 Å². The number of nitrogens with one attached hydrogen (secondary N) is 2. The van der Waals surface area contributed by atoms with E-state index in [0.717, 1.165) is 0 Å². The number of carbonyl (C=O) groups is 1. The molecule has 124 valence electrons. The van der Waals surface area contributed by atoms with Crippen molar-refractivity contribution in [1.82, 2.24) is 25.5 Å². The minimum absolute atomic E-state index is 0. The molecule has 2 aromatic rings. The van der Waals surface area contributed by atoms with Gasteiger partial charge in [0.15, 0.2) is 0 Å². The lowest BCUT2D eigenvalue weighted by atomic mass is 10.2. The normalized spacial score (nSPS) is 17.2. The van der Waals surface area contributed by atoms with Crippen molar-refractivity contribution >= 4 is 24.0 Å². The molecule has 1 saturated heterocycles. The fourth-order valence-electron chi connectivity index (χ4n) is 2.18. The lowest BCUT2D eigenvalue weighted by molar-refractivity contribution is -0.120. The summed E-state index contributed by atoms with van der Waals surface area (Å²) in [7, 11) is 1.56. The number of ether oxygens (including phenoxy) is 2. The molecular formula is C13H17ClN6O3. The van der Waals surface area contributed by atoms with Crippen molar-refractivity contribution in [3.63, 3.8) is 0 Å². The summed E-state index contributed by atoms with van der Waals surface area (Å²) < 4.78 is 12.0. The van der Waals surface area contributed by atoms with Crippen LogP contribution in [0.2, 0.25) is 0 Å². The van der Waals surface area contributed by atoms with Gasteiger partial charge in [0.2, 0.25) is 5.91 Å². The highest BCUT2D eigenvalue weighted by Crippen LogP contribution is 2.25. The van der Waals surface area contributed by atoms with Crippen molar-refractivity contribution in [1.29, 1.82) is 0 Å². The molecular weight excluding hydrogens is 324 g/mol. The number of benzene rings is 1. The van der Waals surface area contributed by atoms with Crippen LogP contribution in [0.25, 0.3) is 5.69 Å². The van der Waals surface area contributed by atoms with E-state index in [1.807, 2.05) is 0 Å². The second-order valence-corrected chi connectivity index (χ2v) is 4.71. The van der Waals surface area contributed by atoms with E-state index >= 15 is 0 Å². The van der Waals surface area contributed by atoms with E-state index in [0.29, 0.717) is 36.9 Å². The van der Waals surface area contributed by atoms with Gasteiger partial charge in [0.05, 0.1) is 20.3 Å². The zero-order valence-electron chi connectivity index (χ0n) is 12.4. The maximum atomic E-state index is 12.2. The van der Waals surface area contributed by atoms with Crippen molar-refractivity contribution in [2.24, 2.45) is 0 Å². The maximum Gasteiger partial charge on any atom is 0.243 e. The number of nitrogens with zero attached hydrogens (tertiary/aromatic N) is 4. The number of hydrogen-bond donors (Lipinski definition) is 2. The first-order chi connectivity index (χ1) is 10.8. The highest BCUT2D eigenvalue weighted by atomic mass is 35.5. The van der Waals surface area contributed by atoms with Gasteiger partial charge in [-0.2, -0.15) is 4.68 Å². The first kappa shape index (κ1) is 17.1. The van der Waals surface area contributed by atoms with Crippen molar-refractivity contribution in [2.45, 2.75) is 6.04 Å². The number of hydrogen-bond acceptors (Lipinski definition) is 7. The highest BCUT2D eigenvalue weighted by Gasteiger charge is 2.21. The monoisotopic (exact) mass is 340 g/mol. The van der Waals surface area contributed by atoms with Crippen molar-refractivity contribution in [2.75, 3.05) is 32.2 Å². The van der Waals surface area contributed by atoms with Crippen LogP contribution in [0.3, 0.4) is 0 Å². The number of methoxy groups -OCH3 is 1. The van der Waals surface area contributed by atoms with Crippen LogP contribution in [0.5, 0.6) is 5.75 Å². The van der Waals surface area contributed by atoms with Gasteiger partial charge in [-0.3, -0.25) is 4.79 Å². The molecule has 2 N–H and O–H groups in total. The summed E-state index contributed by atoms with van der Waals surface area (Å²) in [6, 6.07) is 4.90. The molecule has 1 atom stereocenters. The summed E-state index contributed by atoms with van der Waals surface area (Å²) in [5.41, 5.74) is 1.27. The van der Waals surface area contributed by atoms with Crippen LogP contribution in [-0.2, 0) is 9.53 Å². The lowest BCUT2D eigenvalue weighted by Gasteiger charge is -2.23. The van der Waals surface area contributed by atoms with E-state index in [1.165, 1.54) is 11.0 Å². The van der Waals surface area contributed by atoms with Crippen LogP contribution in [-0.4, -0.2) is 59.0 Å². The first-order valence-corrected chi connectivity index (χ1v) is 6.81. The molecule has 1 amide bonds. The van der Waals surface area contributed by atoms with Gasteiger partial charge in [-0.05, 0) is 28.6 Å². The van der Waals surface area contributed by atoms with Crippen molar-refractivity contribution in [3.8, 4) is 11.4 Å². The van der Waals surface area contributed by atoms with E-state index in [1.54, 1.807) is 25.3 Å². The molecule has 0 radical (unpaired) electrons. The average Bonchev–Trinajstić information content (AvgIpc) is 3.10. The number of tetrazole rings is 1. The number of amides is 1. The first-order valence-electron chi connectivity index (χ1n) is 6.81. The van der Waals surface area contributed by atoms with E-state index in [2.05, 4.69) is 26.2 Å². The molecule has 0 aliphatic carbocycles. The third-order valence-electron chi connectivity index (χ3n) is 3.28. The van der Waals surface area contributed by atoms with Gasteiger partial charge in [-0.1, -0.05) is 0 Å². The van der Waals surface area contributed by atoms with E-state index in [-0.39, 0.29) is 24.4 Å². The summed E-state index contributed by atoms with van der Waals surface area (Å²) in [5.74, 6) is 0.456. The van der Waals surface area contributed by atoms with Gasteiger partial charge >= 0.3 is 0 Å². The minimum atomic E-state index is -0.354. The summed E-state index contributed by atoms with van der Waals surface area (Å²) in [5, 5.41) is 17.0. The second-order valence-electron chi connectivity index (χ2n) is 4.71. The van der Waals surface area contributed by atoms with Crippen LogP contribution in [0.4, 0.5) is 5.69 Å². The Bertz CT molecular complexity index is 645. The molecule has 1 aromatic heterocycles. The Labute approximate surface area is 138 Å². The molecule has 1 aliphatic heterocycles. The fraction of sp³-hybridized carbons (Fsp3) is 0.385. The molecule has 1 aromatic carbocycles. The zero-order chi connectivity index (χ0) is 15.4. The Morgan fingerprint density at radius 2 is 2.39 bits per heavy atom. The Kier molecular flexibility index (Phi) is 5.85. The number of rotatable bonds is 4. The molecule has 0 bridgehead atoms. The Morgan fingerprint density at radius 1 is 1.52 bits per heavy atom. The van der Waals surface area contributed by atoms with Crippen molar-refractivity contribution < 1.29 is 14.3 Å². The largest absolute Gasteiger partial charge is 0.494 e. The summed E-state index contributed by atoms with van der Waals surface area (Å²) >= 11 is 0. The third kappa shape index (κ3) is 3.95. The number of morpholine rings is 1. The van der Waals surface area contributed by atoms with Crippen LogP contribution in [0.15, 0.2) is 24.5 Å². The Balaban J connectivity index is 0.00000192. The zero-order valence-corrected chi connectivity index (χ0v) is 13.2. The average molecular weight is 341 g/mol. The maximum absolute atomic E-state index is 12.2. The standard InChI is InChI=1S/C13H16N6O3.ClH/c1-21-12-3-2-9(6-11(12)19-8-15-17-18-19)16-13(20)10-7-22-5-4-14-10;/h2-3,6,8,10,14H,4-5,7H2,1H3,(H,16,20);1H. The predicted molar refractivity (Wildman–Crippen MR) is 84.2 cm³/mol. The molecule has 10 heteroatoms. The number of aromatic nitrogens is 4. The van der Waals surface area contributed by atoms with Crippen LogP contribution >= 0.6 is 12.4 Å². The van der Waals surface area contributed by atoms with Crippen LogP contribution in [0.1, 0.15) is 0 Å². The smallest absolute Gasteiger partial charge is 0.243 e. The Morgan fingerprint density at radius 3 is 3.04 bits per heavy atom. The fourth-order valence-corrected chi connectivity index (χ4v) is 2.18. The molecule has 1 fully saturated rings. The van der Waals surface area contributed by atoms with Gasteiger partial charge in [0, 0.05) is 12.2 Å². The van der Waals surface area contributed by atoms with E-state index in [4.69, 9.17) is 9.47 Å². The Hall–Kier alpha value is -2.23. The van der Waals surface area contributed by atoms with Gasteiger partial charge in [-0.25, -0.2) is 0 Å². The molecule has 3 rings (SSSR count). The summed E-state index contributed by atoms with van der Waals surface area (Å²) in [6.07, 6.45) is 1.46. The molecule has 9 nitrogen and oxygen atoms in total. The third-order valence-corrected chi connectivity index (χ3v) is 3.28. The van der Waals surface area contributed by atoms with Crippen LogP contribution < -0.4 is 15.4 Å². The number of anilines is 1. The molecule has 1 unspecified atom stereocenters.